The number of benzene rings is 1. The molecule has 0 spiro atoms. The van der Waals surface area contributed by atoms with Gasteiger partial charge in [0.15, 0.2) is 5.76 Å². The molecule has 0 atom stereocenters. The molecule has 0 amide bonds. The average molecular weight is 360 g/mol. The first-order valence-corrected chi connectivity index (χ1v) is 7.85. The highest BCUT2D eigenvalue weighted by atomic mass is 35.5. The van der Waals surface area contributed by atoms with Gasteiger partial charge >= 0.3 is 0 Å². The number of ether oxygens (including phenoxy) is 1. The molecule has 7 heteroatoms. The Morgan fingerprint density at radius 3 is 2.83 bits per heavy atom. The van der Waals surface area contributed by atoms with Crippen molar-refractivity contribution in [2.45, 2.75) is 0 Å². The van der Waals surface area contributed by atoms with Crippen molar-refractivity contribution in [1.82, 2.24) is 15.1 Å². The zero-order valence-electron chi connectivity index (χ0n) is 12.5. The number of rotatable bonds is 3. The molecule has 0 saturated carbocycles. The van der Waals surface area contributed by atoms with Gasteiger partial charge in [0.1, 0.15) is 11.4 Å². The van der Waals surface area contributed by atoms with Crippen molar-refractivity contribution in [3.05, 3.63) is 52.9 Å². The summed E-state index contributed by atoms with van der Waals surface area (Å²) in [5, 5.41) is 5.73. The number of hydrogen-bond acceptors (Lipinski definition) is 4. The minimum Gasteiger partial charge on any atom is -0.495 e. The molecule has 0 aliphatic heterocycles. The van der Waals surface area contributed by atoms with Crippen LogP contribution in [0.5, 0.6) is 5.75 Å². The van der Waals surface area contributed by atoms with Gasteiger partial charge in [0.25, 0.3) is 0 Å². The summed E-state index contributed by atoms with van der Waals surface area (Å²) < 4.78 is 10.8. The van der Waals surface area contributed by atoms with Crippen molar-refractivity contribution in [2.24, 2.45) is 0 Å². The van der Waals surface area contributed by atoms with Crippen LogP contribution in [0, 0.1) is 0 Å². The molecule has 1 N–H and O–H groups in total. The molecule has 120 valence electrons. The number of aromatic amines is 1. The van der Waals surface area contributed by atoms with E-state index >= 15 is 0 Å². The van der Waals surface area contributed by atoms with Gasteiger partial charge in [-0.05, 0) is 12.1 Å². The van der Waals surface area contributed by atoms with Crippen molar-refractivity contribution < 1.29 is 9.26 Å². The Hall–Kier alpha value is -2.50. The molecule has 24 heavy (non-hydrogen) atoms. The SMILES string of the molecule is COc1cnc2[nH]cc(-c3oncc3-c3cccc(Cl)c3Cl)c2c1. The maximum atomic E-state index is 6.34. The second kappa shape index (κ2) is 5.85. The van der Waals surface area contributed by atoms with Crippen LogP contribution in [-0.4, -0.2) is 22.2 Å². The van der Waals surface area contributed by atoms with Crippen LogP contribution >= 0.6 is 23.2 Å². The largest absolute Gasteiger partial charge is 0.495 e. The molecule has 0 aliphatic carbocycles. The maximum absolute atomic E-state index is 6.34. The van der Waals surface area contributed by atoms with E-state index in [9.17, 15) is 0 Å². The van der Waals surface area contributed by atoms with Crippen LogP contribution in [0.4, 0.5) is 0 Å². The zero-order chi connectivity index (χ0) is 16.7. The fraction of sp³-hybridized carbons (Fsp3) is 0.0588. The van der Waals surface area contributed by atoms with Gasteiger partial charge in [-0.15, -0.1) is 0 Å². The number of hydrogen-bond donors (Lipinski definition) is 1. The monoisotopic (exact) mass is 359 g/mol. The van der Waals surface area contributed by atoms with Gasteiger partial charge in [0.2, 0.25) is 0 Å². The molecule has 3 aromatic heterocycles. The van der Waals surface area contributed by atoms with E-state index in [4.69, 9.17) is 32.5 Å². The molecule has 3 heterocycles. The Balaban J connectivity index is 1.94. The van der Waals surface area contributed by atoms with E-state index in [0.29, 0.717) is 21.6 Å². The van der Waals surface area contributed by atoms with E-state index in [1.807, 2.05) is 24.4 Å². The zero-order valence-corrected chi connectivity index (χ0v) is 14.0. The molecule has 0 bridgehead atoms. The Morgan fingerprint density at radius 2 is 2.00 bits per heavy atom. The predicted octanol–water partition coefficient (Wildman–Crippen LogP) is 5.20. The van der Waals surface area contributed by atoms with E-state index in [1.54, 1.807) is 25.6 Å². The first kappa shape index (κ1) is 15.1. The standard InChI is InChI=1S/C17H11Cl2N3O2/c1-23-9-5-11-12(7-21-17(11)20-6-9)16-13(8-22-24-16)10-3-2-4-14(18)15(10)19/h2-8H,1H3,(H,20,21). The van der Waals surface area contributed by atoms with Crippen molar-refractivity contribution in [1.29, 1.82) is 0 Å². The van der Waals surface area contributed by atoms with E-state index in [2.05, 4.69) is 15.1 Å². The van der Waals surface area contributed by atoms with E-state index in [1.165, 1.54) is 0 Å². The van der Waals surface area contributed by atoms with Crippen molar-refractivity contribution >= 4 is 34.2 Å². The summed E-state index contributed by atoms with van der Waals surface area (Å²) in [4.78, 5) is 7.45. The number of H-pyrrole nitrogens is 1. The van der Waals surface area contributed by atoms with Crippen LogP contribution in [-0.2, 0) is 0 Å². The van der Waals surface area contributed by atoms with Gasteiger partial charge in [0.05, 0.1) is 35.1 Å². The lowest BCUT2D eigenvalue weighted by Crippen LogP contribution is -1.85. The molecule has 0 saturated heterocycles. The van der Waals surface area contributed by atoms with E-state index in [-0.39, 0.29) is 0 Å². The normalized spacial score (nSPS) is 11.1. The molecule has 0 unspecified atom stereocenters. The van der Waals surface area contributed by atoms with Gasteiger partial charge < -0.3 is 14.2 Å². The number of methoxy groups -OCH3 is 1. The Labute approximate surface area is 147 Å². The topological polar surface area (TPSA) is 63.9 Å². The summed E-state index contributed by atoms with van der Waals surface area (Å²) in [5.41, 5.74) is 3.06. The lowest BCUT2D eigenvalue weighted by Gasteiger charge is -2.05. The second-order valence-electron chi connectivity index (χ2n) is 5.14. The average Bonchev–Trinajstić information content (AvgIpc) is 3.22. The number of nitrogens with one attached hydrogen (secondary N) is 1. The molecular formula is C17H11Cl2N3O2. The third-order valence-electron chi connectivity index (χ3n) is 3.80. The third-order valence-corrected chi connectivity index (χ3v) is 4.62. The molecule has 5 nitrogen and oxygen atoms in total. The summed E-state index contributed by atoms with van der Waals surface area (Å²) in [5.74, 6) is 1.24. The first-order valence-electron chi connectivity index (χ1n) is 7.09. The quantitative estimate of drug-likeness (QED) is 0.545. The number of nitrogens with zero attached hydrogens (tertiary/aromatic N) is 2. The van der Waals surface area contributed by atoms with Gasteiger partial charge in [-0.2, -0.15) is 0 Å². The van der Waals surface area contributed by atoms with Crippen LogP contribution in [0.2, 0.25) is 10.0 Å². The highest BCUT2D eigenvalue weighted by Crippen LogP contribution is 2.40. The molecule has 0 aliphatic rings. The highest BCUT2D eigenvalue weighted by Gasteiger charge is 2.19. The van der Waals surface area contributed by atoms with Gasteiger partial charge in [-0.3, -0.25) is 0 Å². The first-order chi connectivity index (χ1) is 11.7. The molecule has 4 aromatic rings. The van der Waals surface area contributed by atoms with Crippen LogP contribution in [0.1, 0.15) is 0 Å². The number of fused-ring (bicyclic) bond motifs is 1. The summed E-state index contributed by atoms with van der Waals surface area (Å²) >= 11 is 12.5. The predicted molar refractivity (Wildman–Crippen MR) is 93.6 cm³/mol. The fourth-order valence-electron chi connectivity index (χ4n) is 2.62. The Kier molecular flexibility index (Phi) is 3.67. The number of pyridine rings is 1. The summed E-state index contributed by atoms with van der Waals surface area (Å²) in [6.45, 7) is 0. The second-order valence-corrected chi connectivity index (χ2v) is 5.93. The summed E-state index contributed by atoms with van der Waals surface area (Å²) in [6, 6.07) is 7.33. The Bertz CT molecular complexity index is 1040. The highest BCUT2D eigenvalue weighted by molar-refractivity contribution is 6.43. The minimum atomic E-state index is 0.458. The molecule has 4 rings (SSSR count). The lowest BCUT2D eigenvalue weighted by molar-refractivity contribution is 0.413. The molecule has 0 fully saturated rings. The number of halogens is 2. The fourth-order valence-corrected chi connectivity index (χ4v) is 3.02. The maximum Gasteiger partial charge on any atom is 0.176 e. The summed E-state index contributed by atoms with van der Waals surface area (Å²) in [7, 11) is 1.60. The Morgan fingerprint density at radius 1 is 1.12 bits per heavy atom. The molecule has 1 aromatic carbocycles. The molecular weight excluding hydrogens is 349 g/mol. The third kappa shape index (κ3) is 2.33. The van der Waals surface area contributed by atoms with Crippen LogP contribution < -0.4 is 4.74 Å². The lowest BCUT2D eigenvalue weighted by atomic mass is 10.0. The number of aromatic nitrogens is 3. The van der Waals surface area contributed by atoms with E-state index in [0.717, 1.165) is 27.7 Å². The van der Waals surface area contributed by atoms with Gasteiger partial charge in [-0.1, -0.05) is 40.5 Å². The van der Waals surface area contributed by atoms with Crippen molar-refractivity contribution in [2.75, 3.05) is 7.11 Å². The van der Waals surface area contributed by atoms with Crippen LogP contribution in [0.25, 0.3) is 33.5 Å². The van der Waals surface area contributed by atoms with E-state index < -0.39 is 0 Å². The molecule has 0 radical (unpaired) electrons. The van der Waals surface area contributed by atoms with Crippen molar-refractivity contribution in [3.63, 3.8) is 0 Å². The van der Waals surface area contributed by atoms with Crippen LogP contribution in [0.15, 0.2) is 47.4 Å². The van der Waals surface area contributed by atoms with Crippen molar-refractivity contribution in [3.8, 4) is 28.2 Å². The van der Waals surface area contributed by atoms with Crippen LogP contribution in [0.3, 0.4) is 0 Å². The minimum absolute atomic E-state index is 0.458. The smallest absolute Gasteiger partial charge is 0.176 e. The summed E-state index contributed by atoms with van der Waals surface area (Å²) in [6.07, 6.45) is 5.09. The van der Waals surface area contributed by atoms with Gasteiger partial charge in [-0.25, -0.2) is 4.98 Å². The van der Waals surface area contributed by atoms with Gasteiger partial charge in [0, 0.05) is 22.7 Å².